The van der Waals surface area contributed by atoms with Gasteiger partial charge in [-0.05, 0) is 38.1 Å². The molecule has 4 N–H and O–H groups in total. The maximum atomic E-state index is 12.0. The molecule has 0 aromatic carbocycles. The molecule has 1 aromatic heterocycles. The van der Waals surface area contributed by atoms with Gasteiger partial charge in [0, 0.05) is 19.7 Å². The van der Waals surface area contributed by atoms with Crippen molar-refractivity contribution in [1.82, 2.24) is 14.9 Å². The van der Waals surface area contributed by atoms with E-state index in [0.29, 0.717) is 6.42 Å². The first kappa shape index (κ1) is 21.1. The van der Waals surface area contributed by atoms with Gasteiger partial charge in [-0.1, -0.05) is 0 Å². The second-order valence-corrected chi connectivity index (χ2v) is 11.9. The Morgan fingerprint density at radius 3 is 2.69 bits per heavy atom. The van der Waals surface area contributed by atoms with Gasteiger partial charge < -0.3 is 20.3 Å². The molecule has 1 amide bonds. The second-order valence-electron chi connectivity index (χ2n) is 7.22. The van der Waals surface area contributed by atoms with E-state index < -0.39 is 37.0 Å². The summed E-state index contributed by atoms with van der Waals surface area (Å²) in [5.74, 6) is -0.273. The van der Waals surface area contributed by atoms with Crippen molar-refractivity contribution >= 4 is 31.3 Å². The zero-order valence-corrected chi connectivity index (χ0v) is 16.8. The van der Waals surface area contributed by atoms with E-state index in [1.54, 1.807) is 0 Å². The largest absolute Gasteiger partial charge is 0.388 e. The summed E-state index contributed by atoms with van der Waals surface area (Å²) in [4.78, 5) is 25.6. The Morgan fingerprint density at radius 1 is 1.46 bits per heavy atom. The molecule has 2 heterocycles. The molecule has 1 aromatic rings. The van der Waals surface area contributed by atoms with Gasteiger partial charge in [0.15, 0.2) is 11.0 Å². The van der Waals surface area contributed by atoms with Gasteiger partial charge in [0.05, 0.1) is 11.7 Å². The first-order chi connectivity index (χ1) is 12.0. The van der Waals surface area contributed by atoms with Crippen LogP contribution in [0, 0.1) is 4.77 Å². The van der Waals surface area contributed by atoms with Crippen LogP contribution in [0.5, 0.6) is 0 Å². The Labute approximate surface area is 157 Å². The van der Waals surface area contributed by atoms with E-state index in [1.807, 2.05) is 0 Å². The lowest BCUT2D eigenvalue weighted by Crippen LogP contribution is -2.33. The number of hydrogen-bond acceptors (Lipinski definition) is 6. The molecule has 0 bridgehead atoms. The number of nitrogens with zero attached hydrogens (tertiary/aromatic N) is 1. The summed E-state index contributed by atoms with van der Waals surface area (Å²) >= 11 is 5.17. The number of aliphatic hydroxyl groups is 2. The average molecular weight is 403 g/mol. The van der Waals surface area contributed by atoms with Crippen molar-refractivity contribution in [2.24, 2.45) is 0 Å². The Morgan fingerprint density at radius 2 is 2.12 bits per heavy atom. The van der Waals surface area contributed by atoms with E-state index in [0.717, 1.165) is 6.16 Å². The van der Waals surface area contributed by atoms with Gasteiger partial charge in [-0.15, -0.1) is 13.2 Å². The van der Waals surface area contributed by atoms with Gasteiger partial charge in [-0.25, -0.2) is 0 Å². The maximum Gasteiger partial charge on any atom is 0.256 e. The normalized spacial score (nSPS) is 26.0. The van der Waals surface area contributed by atoms with Gasteiger partial charge in [0.1, 0.15) is 12.2 Å². The van der Waals surface area contributed by atoms with E-state index in [4.69, 9.17) is 17.0 Å². The highest BCUT2D eigenvalue weighted by Crippen LogP contribution is 2.39. The molecule has 146 valence electrons. The fraction of sp³-hybridized carbons (Fsp3) is 0.625. The predicted molar refractivity (Wildman–Crippen MR) is 105 cm³/mol. The van der Waals surface area contributed by atoms with Gasteiger partial charge in [0.25, 0.3) is 5.56 Å². The molecule has 2 rings (SSSR count). The Bertz CT molecular complexity index is 830. The molecule has 26 heavy (non-hydrogen) atoms. The topological polar surface area (TPSA) is 117 Å². The van der Waals surface area contributed by atoms with Crippen molar-refractivity contribution in [3.05, 3.63) is 26.9 Å². The SMILES string of the molecule is C=P(C)(C)CC[C@H]1O[C@@H](n2cc(CNC(C)=O)c(=O)[nH]c2=S)C(O)[C@@H]1O. The van der Waals surface area contributed by atoms with Crippen molar-refractivity contribution in [2.45, 2.75) is 44.4 Å². The van der Waals surface area contributed by atoms with Crippen LogP contribution in [0.25, 0.3) is 0 Å². The number of aromatic amines is 1. The number of H-pyrrole nitrogens is 1. The van der Waals surface area contributed by atoms with Crippen LogP contribution in [0.15, 0.2) is 11.0 Å². The zero-order chi connectivity index (χ0) is 19.6. The first-order valence-electron chi connectivity index (χ1n) is 8.27. The summed E-state index contributed by atoms with van der Waals surface area (Å²) in [7, 11) is 0. The molecule has 0 aliphatic carbocycles. The van der Waals surface area contributed by atoms with Crippen LogP contribution in [-0.4, -0.2) is 69.8 Å². The number of ether oxygens (including phenoxy) is 1. The minimum atomic E-state index is -1.29. The van der Waals surface area contributed by atoms with E-state index in [2.05, 4.69) is 29.9 Å². The molecule has 0 spiro atoms. The monoisotopic (exact) mass is 403 g/mol. The Balaban J connectivity index is 2.25. The summed E-state index contributed by atoms with van der Waals surface area (Å²) < 4.78 is 7.33. The van der Waals surface area contributed by atoms with E-state index in [1.165, 1.54) is 17.7 Å². The van der Waals surface area contributed by atoms with Crippen molar-refractivity contribution in [3.63, 3.8) is 0 Å². The summed E-state index contributed by atoms with van der Waals surface area (Å²) in [6, 6.07) is 0. The average Bonchev–Trinajstić information content (AvgIpc) is 2.79. The highest BCUT2D eigenvalue weighted by Gasteiger charge is 2.43. The van der Waals surface area contributed by atoms with Crippen LogP contribution < -0.4 is 10.9 Å². The minimum absolute atomic E-state index is 0.0231. The third kappa shape index (κ3) is 5.14. The van der Waals surface area contributed by atoms with Gasteiger partial charge in [0.2, 0.25) is 5.91 Å². The number of aromatic nitrogens is 2. The molecule has 4 atom stereocenters. The number of amides is 1. The number of carbonyl (C=O) groups excluding carboxylic acids is 1. The number of hydrogen-bond donors (Lipinski definition) is 4. The molecular formula is C16H26N3O5PS. The molecule has 0 saturated carbocycles. The van der Waals surface area contributed by atoms with E-state index in [-0.39, 0.29) is 22.8 Å². The van der Waals surface area contributed by atoms with Crippen molar-refractivity contribution in [1.29, 1.82) is 0 Å². The zero-order valence-electron chi connectivity index (χ0n) is 15.1. The smallest absolute Gasteiger partial charge is 0.256 e. The van der Waals surface area contributed by atoms with Crippen LogP contribution in [0.2, 0.25) is 0 Å². The molecule has 1 fully saturated rings. The van der Waals surface area contributed by atoms with Crippen LogP contribution in [-0.2, 0) is 16.1 Å². The van der Waals surface area contributed by atoms with Gasteiger partial charge >= 0.3 is 0 Å². The first-order valence-corrected chi connectivity index (χ1v) is 11.7. The van der Waals surface area contributed by atoms with Crippen LogP contribution in [0.3, 0.4) is 0 Å². The third-order valence-electron chi connectivity index (χ3n) is 4.20. The summed E-state index contributed by atoms with van der Waals surface area (Å²) in [6.45, 7) is 4.27. The molecular weight excluding hydrogens is 377 g/mol. The molecule has 1 unspecified atom stereocenters. The predicted octanol–water partition coefficient (Wildman–Crippen LogP) is 0.260. The Kier molecular flexibility index (Phi) is 6.63. The highest BCUT2D eigenvalue weighted by molar-refractivity contribution is 7.72. The molecule has 8 nitrogen and oxygen atoms in total. The van der Waals surface area contributed by atoms with Gasteiger partial charge in [-0.3, -0.25) is 19.1 Å². The van der Waals surface area contributed by atoms with Crippen LogP contribution in [0.1, 0.15) is 25.1 Å². The lowest BCUT2D eigenvalue weighted by molar-refractivity contribution is -0.119. The fourth-order valence-electron chi connectivity index (χ4n) is 2.74. The van der Waals surface area contributed by atoms with E-state index >= 15 is 0 Å². The van der Waals surface area contributed by atoms with Crippen molar-refractivity contribution < 1.29 is 19.7 Å². The van der Waals surface area contributed by atoms with Crippen LogP contribution in [0.4, 0.5) is 0 Å². The van der Waals surface area contributed by atoms with Gasteiger partial charge in [-0.2, -0.15) is 0 Å². The molecule has 0 radical (unpaired) electrons. The Hall–Kier alpha value is -1.25. The van der Waals surface area contributed by atoms with E-state index in [9.17, 15) is 19.8 Å². The third-order valence-corrected chi connectivity index (χ3v) is 5.98. The highest BCUT2D eigenvalue weighted by atomic mass is 32.1. The van der Waals surface area contributed by atoms with Crippen molar-refractivity contribution in [2.75, 3.05) is 19.5 Å². The standard InChI is InChI=1S/C16H26N3O5PS/c1-9(20)17-7-10-8-19(16(26)18-14(10)23)15-13(22)12(21)11(24-15)5-6-25(2,3)4/h8,11-13,15,21-22H,2,5-7H2,1,3-4H3,(H,17,20)(H,18,23,26)/t11-,12-,13?,15-/m1/s1. The quantitative estimate of drug-likeness (QED) is 0.400. The minimum Gasteiger partial charge on any atom is -0.388 e. The molecule has 10 heteroatoms. The fourth-order valence-corrected chi connectivity index (χ4v) is 3.94. The summed E-state index contributed by atoms with van der Waals surface area (Å²) in [6.07, 6.45) is 3.28. The van der Waals surface area contributed by atoms with Crippen LogP contribution >= 0.6 is 19.1 Å². The lowest BCUT2D eigenvalue weighted by atomic mass is 10.1. The molecule has 1 saturated heterocycles. The number of carbonyl (C=O) groups is 1. The number of nitrogens with one attached hydrogen (secondary N) is 2. The second kappa shape index (κ2) is 8.19. The number of rotatable bonds is 6. The molecule has 1 aliphatic rings. The van der Waals surface area contributed by atoms with Crippen molar-refractivity contribution in [3.8, 4) is 0 Å². The molecule has 1 aliphatic heterocycles. The lowest BCUT2D eigenvalue weighted by Gasteiger charge is -2.20. The summed E-state index contributed by atoms with van der Waals surface area (Å²) in [5.41, 5.74) is -0.152. The summed E-state index contributed by atoms with van der Waals surface area (Å²) in [5, 5.41) is 23.3. The maximum absolute atomic E-state index is 12.0. The number of aliphatic hydroxyl groups excluding tert-OH is 2.